The third-order valence-electron chi connectivity index (χ3n) is 8.55. The molecule has 7 heteroatoms. The fraction of sp³-hybridized carbons (Fsp3) is 0.848. The molecule has 0 bridgehead atoms. The number of carbonyl (C=O) groups excluding carboxylic acids is 1. The minimum absolute atomic E-state index is 0.125. The maximum absolute atomic E-state index is 12.2. The molecule has 40 heavy (non-hydrogen) atoms. The largest absolute Gasteiger partial charge is 0.544 e. The fourth-order valence-electron chi connectivity index (χ4n) is 6.43. The summed E-state index contributed by atoms with van der Waals surface area (Å²) >= 11 is 0. The number of carboxylic acids is 3. The van der Waals surface area contributed by atoms with Gasteiger partial charge in [-0.1, -0.05) is 110 Å². The van der Waals surface area contributed by atoms with Crippen LogP contribution in [0.2, 0.25) is 0 Å². The number of unbranched alkanes of at least 4 members (excludes halogenated alkanes) is 15. The van der Waals surface area contributed by atoms with E-state index in [0.29, 0.717) is 6.42 Å². The minimum Gasteiger partial charge on any atom is -0.544 e. The summed E-state index contributed by atoms with van der Waals surface area (Å²) in [5.41, 5.74) is 0. The van der Waals surface area contributed by atoms with Gasteiger partial charge in [0.15, 0.2) is 12.1 Å². The summed E-state index contributed by atoms with van der Waals surface area (Å²) < 4.78 is -0.477. The minimum atomic E-state index is -1.37. The first-order chi connectivity index (χ1) is 19.2. The maximum Gasteiger partial charge on any atom is 0.362 e. The van der Waals surface area contributed by atoms with Crippen molar-refractivity contribution in [1.29, 1.82) is 0 Å². The van der Waals surface area contributed by atoms with Gasteiger partial charge in [0.25, 0.3) is 0 Å². The molecule has 0 rings (SSSR count). The van der Waals surface area contributed by atoms with E-state index in [0.717, 1.165) is 32.1 Å². The van der Waals surface area contributed by atoms with Gasteiger partial charge in [0.05, 0.1) is 12.5 Å². The van der Waals surface area contributed by atoms with E-state index >= 15 is 0 Å². The lowest BCUT2D eigenvalue weighted by molar-refractivity contribution is -0.974. The molecule has 0 aromatic heterocycles. The smallest absolute Gasteiger partial charge is 0.362 e. The van der Waals surface area contributed by atoms with Gasteiger partial charge in [-0.25, -0.2) is 9.59 Å². The monoisotopic (exact) mass is 567 g/mol. The second kappa shape index (κ2) is 23.8. The lowest BCUT2D eigenvalue weighted by atomic mass is 9.94. The maximum atomic E-state index is 12.2. The Bertz CT molecular complexity index is 652. The first kappa shape index (κ1) is 38.1. The second-order valence-electron chi connectivity index (χ2n) is 11.5. The molecular formula is C33H61NO6. The second-order valence-corrected chi connectivity index (χ2v) is 11.5. The Morgan fingerprint density at radius 1 is 0.575 bits per heavy atom. The summed E-state index contributed by atoms with van der Waals surface area (Å²) in [6.07, 6.45) is 25.3. The average Bonchev–Trinajstić information content (AvgIpc) is 2.90. The molecule has 0 saturated carbocycles. The van der Waals surface area contributed by atoms with E-state index < -0.39 is 40.5 Å². The van der Waals surface area contributed by atoms with Crippen LogP contribution in [0.3, 0.4) is 0 Å². The first-order valence-electron chi connectivity index (χ1n) is 16.4. The Balaban J connectivity index is 4.56. The number of carbonyl (C=O) groups is 3. The zero-order valence-electron chi connectivity index (χ0n) is 26.2. The van der Waals surface area contributed by atoms with Crippen molar-refractivity contribution in [2.75, 3.05) is 6.54 Å². The highest BCUT2D eigenvalue weighted by atomic mass is 16.4. The number of quaternary nitrogens is 1. The molecule has 0 aliphatic carbocycles. The lowest BCUT2D eigenvalue weighted by Crippen LogP contribution is -2.73. The summed E-state index contributed by atoms with van der Waals surface area (Å²) in [7, 11) is 0. The highest BCUT2D eigenvalue weighted by Gasteiger charge is 2.53. The molecule has 0 aliphatic heterocycles. The van der Waals surface area contributed by atoms with Crippen LogP contribution in [0.25, 0.3) is 0 Å². The van der Waals surface area contributed by atoms with Gasteiger partial charge < -0.3 is 20.1 Å². The Morgan fingerprint density at radius 2 is 0.925 bits per heavy atom. The summed E-state index contributed by atoms with van der Waals surface area (Å²) in [6.45, 7) is 7.50. The van der Waals surface area contributed by atoms with Crippen molar-refractivity contribution in [3.63, 3.8) is 0 Å². The molecule has 0 fully saturated rings. The molecule has 0 aromatic rings. The lowest BCUT2D eigenvalue weighted by Gasteiger charge is -2.51. The van der Waals surface area contributed by atoms with Gasteiger partial charge in [-0.2, -0.15) is 0 Å². The molecule has 0 amide bonds. The standard InChI is InChI=1S/C33H61NO6/c1-5-9-10-11-12-13-14-15-16-17-18-19-20-21-22-23-24-25-26-27-34(28(6-2)31(35)36,29(7-3)32(37)38)30(8-4)33(39)40/h20-21,28-30H,5-19,22-27H2,1-4H3,(H2-,35,36,37,38,39,40)/b21-20+. The van der Waals surface area contributed by atoms with Crippen molar-refractivity contribution in [2.24, 2.45) is 0 Å². The van der Waals surface area contributed by atoms with Crippen LogP contribution in [-0.4, -0.2) is 57.3 Å². The molecule has 0 aromatic carbocycles. The summed E-state index contributed by atoms with van der Waals surface area (Å²) in [6, 6.07) is -3.40. The quantitative estimate of drug-likeness (QED) is 0.0584. The van der Waals surface area contributed by atoms with Crippen LogP contribution in [0.1, 0.15) is 156 Å². The van der Waals surface area contributed by atoms with Gasteiger partial charge in [0.1, 0.15) is 6.04 Å². The van der Waals surface area contributed by atoms with Gasteiger partial charge in [-0.15, -0.1) is 0 Å². The molecular weight excluding hydrogens is 506 g/mol. The Labute approximate surface area is 245 Å². The van der Waals surface area contributed by atoms with Gasteiger partial charge in [0, 0.05) is 19.3 Å². The van der Waals surface area contributed by atoms with Crippen LogP contribution < -0.4 is 5.11 Å². The molecule has 234 valence electrons. The number of aliphatic carboxylic acids is 3. The fourth-order valence-corrected chi connectivity index (χ4v) is 6.43. The molecule has 2 N–H and O–H groups in total. The zero-order valence-corrected chi connectivity index (χ0v) is 26.2. The highest BCUT2D eigenvalue weighted by molar-refractivity contribution is 5.77. The molecule has 0 spiro atoms. The molecule has 0 heterocycles. The molecule has 3 unspecified atom stereocenters. The zero-order chi connectivity index (χ0) is 30.2. The third-order valence-corrected chi connectivity index (χ3v) is 8.55. The number of hydrogen-bond acceptors (Lipinski definition) is 4. The van der Waals surface area contributed by atoms with Crippen molar-refractivity contribution in [3.8, 4) is 0 Å². The Kier molecular flexibility index (Phi) is 22.7. The van der Waals surface area contributed by atoms with Gasteiger partial charge in [-0.3, -0.25) is 4.48 Å². The van der Waals surface area contributed by atoms with E-state index in [1.54, 1.807) is 20.8 Å². The van der Waals surface area contributed by atoms with Crippen LogP contribution in [0.5, 0.6) is 0 Å². The highest BCUT2D eigenvalue weighted by Crippen LogP contribution is 2.32. The van der Waals surface area contributed by atoms with Crippen LogP contribution in [0.15, 0.2) is 12.2 Å². The van der Waals surface area contributed by atoms with Gasteiger partial charge in [0.2, 0.25) is 0 Å². The molecule has 0 saturated heterocycles. The molecule has 3 atom stereocenters. The predicted octanol–water partition coefficient (Wildman–Crippen LogP) is 7.27. The Morgan fingerprint density at radius 3 is 1.25 bits per heavy atom. The molecule has 7 nitrogen and oxygen atoms in total. The third kappa shape index (κ3) is 14.1. The van der Waals surface area contributed by atoms with E-state index in [1.807, 2.05) is 0 Å². The van der Waals surface area contributed by atoms with Crippen LogP contribution in [0, 0.1) is 0 Å². The van der Waals surface area contributed by atoms with E-state index in [2.05, 4.69) is 19.1 Å². The number of carboxylic acid groups (broad SMARTS) is 3. The van der Waals surface area contributed by atoms with Crippen molar-refractivity contribution in [1.82, 2.24) is 0 Å². The van der Waals surface area contributed by atoms with Crippen LogP contribution in [0.4, 0.5) is 0 Å². The average molecular weight is 568 g/mol. The normalized spacial score (nSPS) is 15.5. The SMILES string of the molecule is CCCCCCCCCCCCC/C=C/CCCCCC[N+](C(CC)C(=O)[O-])(C(CC)C(=O)O)C(CC)C(=O)O. The van der Waals surface area contributed by atoms with Gasteiger partial charge >= 0.3 is 11.9 Å². The van der Waals surface area contributed by atoms with E-state index in [1.165, 1.54) is 70.6 Å². The number of hydrogen-bond donors (Lipinski definition) is 2. The predicted molar refractivity (Wildman–Crippen MR) is 161 cm³/mol. The van der Waals surface area contributed by atoms with Crippen molar-refractivity contribution >= 4 is 17.9 Å². The van der Waals surface area contributed by atoms with Gasteiger partial charge in [-0.05, 0) is 38.5 Å². The number of allylic oxidation sites excluding steroid dienone is 2. The molecule has 0 aliphatic rings. The topological polar surface area (TPSA) is 115 Å². The summed E-state index contributed by atoms with van der Waals surface area (Å²) in [5.74, 6) is -3.67. The summed E-state index contributed by atoms with van der Waals surface area (Å²) in [4.78, 5) is 36.6. The molecule has 0 radical (unpaired) electrons. The van der Waals surface area contributed by atoms with E-state index in [9.17, 15) is 29.7 Å². The number of nitrogens with zero attached hydrogens (tertiary/aromatic N) is 1. The van der Waals surface area contributed by atoms with Crippen molar-refractivity contribution in [2.45, 2.75) is 174 Å². The first-order valence-corrected chi connectivity index (χ1v) is 16.4. The van der Waals surface area contributed by atoms with E-state index in [4.69, 9.17) is 0 Å². The van der Waals surface area contributed by atoms with E-state index in [-0.39, 0.29) is 25.8 Å². The van der Waals surface area contributed by atoms with Crippen molar-refractivity contribution < 1.29 is 34.2 Å². The number of rotatable bonds is 28. The Hall–Kier alpha value is -1.89. The van der Waals surface area contributed by atoms with Crippen molar-refractivity contribution in [3.05, 3.63) is 12.2 Å². The van der Waals surface area contributed by atoms with Crippen LogP contribution >= 0.6 is 0 Å². The van der Waals surface area contributed by atoms with Crippen LogP contribution in [-0.2, 0) is 14.4 Å². The summed E-state index contributed by atoms with van der Waals surface area (Å²) in [5, 5.41) is 32.1.